The molecule has 0 aromatic heterocycles. The fourth-order valence-corrected chi connectivity index (χ4v) is 1.92. The molecule has 6 nitrogen and oxygen atoms in total. The number of sulfonamides is 1. The number of alkyl halides is 1. The lowest BCUT2D eigenvalue weighted by Crippen LogP contribution is -2.13. The Kier molecular flexibility index (Phi) is 5.52. The highest BCUT2D eigenvalue weighted by molar-refractivity contribution is 7.93. The van der Waals surface area contributed by atoms with Crippen molar-refractivity contribution in [1.29, 1.82) is 0 Å². The molecule has 1 rings (SSSR count). The summed E-state index contributed by atoms with van der Waals surface area (Å²) in [6.07, 6.45) is 0. The van der Waals surface area contributed by atoms with Crippen LogP contribution in [-0.4, -0.2) is 39.1 Å². The van der Waals surface area contributed by atoms with Gasteiger partial charge in [0.2, 0.25) is 10.0 Å². The highest BCUT2D eigenvalue weighted by Gasteiger charge is 2.11. The molecule has 1 aromatic rings. The Balaban J connectivity index is 2.95. The van der Waals surface area contributed by atoms with Crippen molar-refractivity contribution >= 4 is 27.3 Å². The SMILES string of the molecule is COc1ccc(NS(=O)(=O)CCl)cc1OCCO. The van der Waals surface area contributed by atoms with Crippen LogP contribution < -0.4 is 14.2 Å². The van der Waals surface area contributed by atoms with Crippen molar-refractivity contribution in [3.05, 3.63) is 18.2 Å². The Morgan fingerprint density at radius 1 is 1.39 bits per heavy atom. The van der Waals surface area contributed by atoms with Gasteiger partial charge in [0.15, 0.2) is 11.5 Å². The number of hydrogen-bond acceptors (Lipinski definition) is 5. The van der Waals surface area contributed by atoms with Crippen LogP contribution in [0.3, 0.4) is 0 Å². The topological polar surface area (TPSA) is 84.9 Å². The molecule has 0 heterocycles. The van der Waals surface area contributed by atoms with Crippen LogP contribution in [0.5, 0.6) is 11.5 Å². The third-order valence-corrected chi connectivity index (χ3v) is 3.63. The Bertz CT molecular complexity index is 491. The monoisotopic (exact) mass is 295 g/mol. The van der Waals surface area contributed by atoms with E-state index in [1.54, 1.807) is 6.07 Å². The summed E-state index contributed by atoms with van der Waals surface area (Å²) in [6.45, 7) is -0.0666. The number of ether oxygens (including phenoxy) is 2. The third-order valence-electron chi connectivity index (χ3n) is 1.93. The second-order valence-corrected chi connectivity index (χ2v) is 5.57. The smallest absolute Gasteiger partial charge is 0.246 e. The second-order valence-electron chi connectivity index (χ2n) is 3.26. The molecule has 0 saturated carbocycles. The van der Waals surface area contributed by atoms with Gasteiger partial charge in [0.25, 0.3) is 0 Å². The summed E-state index contributed by atoms with van der Waals surface area (Å²) in [5.41, 5.74) is 0.310. The quantitative estimate of drug-likeness (QED) is 0.733. The predicted molar refractivity (Wildman–Crippen MR) is 68.8 cm³/mol. The van der Waals surface area contributed by atoms with Gasteiger partial charge in [-0.15, -0.1) is 11.6 Å². The van der Waals surface area contributed by atoms with Crippen LogP contribution in [0, 0.1) is 0 Å². The van der Waals surface area contributed by atoms with E-state index in [1.807, 2.05) is 0 Å². The van der Waals surface area contributed by atoms with Gasteiger partial charge < -0.3 is 14.6 Å². The maximum absolute atomic E-state index is 11.3. The standard InChI is InChI=1S/C10H14ClNO5S/c1-16-9-3-2-8(12-18(14,15)7-11)6-10(9)17-5-4-13/h2-3,6,12-13H,4-5,7H2,1H3. The lowest BCUT2D eigenvalue weighted by Gasteiger charge is -2.12. The van der Waals surface area contributed by atoms with Crippen molar-refractivity contribution in [3.63, 3.8) is 0 Å². The number of anilines is 1. The van der Waals surface area contributed by atoms with Crippen LogP contribution in [-0.2, 0) is 10.0 Å². The van der Waals surface area contributed by atoms with Gasteiger partial charge >= 0.3 is 0 Å². The largest absolute Gasteiger partial charge is 0.493 e. The van der Waals surface area contributed by atoms with Crippen LogP contribution in [0.2, 0.25) is 0 Å². The molecule has 0 radical (unpaired) electrons. The Labute approximate surface area is 111 Å². The molecule has 18 heavy (non-hydrogen) atoms. The van der Waals surface area contributed by atoms with Crippen LogP contribution in [0.15, 0.2) is 18.2 Å². The minimum atomic E-state index is -3.56. The number of rotatable bonds is 7. The molecule has 0 aliphatic rings. The second kappa shape index (κ2) is 6.67. The Morgan fingerprint density at radius 2 is 2.11 bits per heavy atom. The van der Waals surface area contributed by atoms with E-state index in [-0.39, 0.29) is 13.2 Å². The van der Waals surface area contributed by atoms with Crippen molar-refractivity contribution in [2.75, 3.05) is 30.3 Å². The molecule has 1 aromatic carbocycles. The summed E-state index contributed by atoms with van der Waals surface area (Å²) in [7, 11) is -2.10. The molecule has 102 valence electrons. The number of halogens is 1. The van der Waals surface area contributed by atoms with Crippen molar-refractivity contribution in [3.8, 4) is 11.5 Å². The van der Waals surface area contributed by atoms with E-state index in [9.17, 15) is 8.42 Å². The normalized spacial score (nSPS) is 11.1. The van der Waals surface area contributed by atoms with Gasteiger partial charge in [-0.1, -0.05) is 0 Å². The van der Waals surface area contributed by atoms with Crippen molar-refractivity contribution in [2.45, 2.75) is 0 Å². The molecule has 0 unspecified atom stereocenters. The average Bonchev–Trinajstić information content (AvgIpc) is 2.36. The minimum Gasteiger partial charge on any atom is -0.493 e. The highest BCUT2D eigenvalue weighted by atomic mass is 35.5. The summed E-state index contributed by atoms with van der Waals surface area (Å²) >= 11 is 5.29. The molecule has 0 fully saturated rings. The summed E-state index contributed by atoms with van der Waals surface area (Å²) in [6, 6.07) is 4.53. The summed E-state index contributed by atoms with van der Waals surface area (Å²) in [4.78, 5) is 0. The molecule has 8 heteroatoms. The minimum absolute atomic E-state index is 0.0854. The number of nitrogens with one attached hydrogen (secondary N) is 1. The maximum Gasteiger partial charge on any atom is 0.246 e. The number of benzene rings is 1. The Morgan fingerprint density at radius 3 is 2.67 bits per heavy atom. The van der Waals surface area contributed by atoms with Crippen LogP contribution in [0.1, 0.15) is 0 Å². The van der Waals surface area contributed by atoms with Crippen molar-refractivity contribution in [2.24, 2.45) is 0 Å². The van der Waals surface area contributed by atoms with Crippen molar-refractivity contribution < 1.29 is 23.0 Å². The number of aliphatic hydroxyl groups excluding tert-OH is 1. The average molecular weight is 296 g/mol. The van der Waals surface area contributed by atoms with E-state index in [4.69, 9.17) is 26.2 Å². The van der Waals surface area contributed by atoms with Gasteiger partial charge in [0.1, 0.15) is 11.8 Å². The van der Waals surface area contributed by atoms with Gasteiger partial charge in [-0.05, 0) is 12.1 Å². The zero-order valence-electron chi connectivity index (χ0n) is 9.72. The number of methoxy groups -OCH3 is 1. The summed E-state index contributed by atoms with van der Waals surface area (Å²) in [5.74, 6) is 0.776. The first-order valence-corrected chi connectivity index (χ1v) is 7.19. The van der Waals surface area contributed by atoms with E-state index in [1.165, 1.54) is 19.2 Å². The molecular formula is C10H14ClNO5S. The lowest BCUT2D eigenvalue weighted by atomic mass is 10.3. The van der Waals surface area contributed by atoms with Gasteiger partial charge in [0, 0.05) is 6.07 Å². The first-order valence-electron chi connectivity index (χ1n) is 5.00. The first kappa shape index (κ1) is 14.9. The molecule has 0 spiro atoms. The third kappa shape index (κ3) is 4.25. The molecule has 0 saturated heterocycles. The zero-order chi connectivity index (χ0) is 13.6. The molecule has 2 N–H and O–H groups in total. The molecule has 0 aliphatic heterocycles. The summed E-state index contributed by atoms with van der Waals surface area (Å²) in [5, 5.41) is 8.15. The maximum atomic E-state index is 11.3. The zero-order valence-corrected chi connectivity index (χ0v) is 11.3. The predicted octanol–water partition coefficient (Wildman–Crippen LogP) is 1.00. The van der Waals surface area contributed by atoms with E-state index in [0.717, 1.165) is 0 Å². The fourth-order valence-electron chi connectivity index (χ4n) is 1.22. The molecule has 0 amide bonds. The molecule has 0 bridgehead atoms. The van der Waals surface area contributed by atoms with Crippen LogP contribution in [0.25, 0.3) is 0 Å². The van der Waals surface area contributed by atoms with Gasteiger partial charge in [-0.2, -0.15) is 0 Å². The van der Waals surface area contributed by atoms with Gasteiger partial charge in [-0.3, -0.25) is 4.72 Å². The summed E-state index contributed by atoms with van der Waals surface area (Å²) < 4.78 is 35.1. The lowest BCUT2D eigenvalue weighted by molar-refractivity contribution is 0.196. The Hall–Kier alpha value is -1.18. The van der Waals surface area contributed by atoms with Gasteiger partial charge in [0.05, 0.1) is 19.4 Å². The first-order chi connectivity index (χ1) is 8.52. The highest BCUT2D eigenvalue weighted by Crippen LogP contribution is 2.30. The van der Waals surface area contributed by atoms with Crippen LogP contribution >= 0.6 is 11.6 Å². The van der Waals surface area contributed by atoms with Gasteiger partial charge in [-0.25, -0.2) is 8.42 Å². The molecular weight excluding hydrogens is 282 g/mol. The van der Waals surface area contributed by atoms with E-state index < -0.39 is 15.2 Å². The molecule has 0 aliphatic carbocycles. The van der Waals surface area contributed by atoms with E-state index in [0.29, 0.717) is 17.2 Å². The fraction of sp³-hybridized carbons (Fsp3) is 0.400. The van der Waals surface area contributed by atoms with E-state index in [2.05, 4.69) is 4.72 Å². The number of hydrogen-bond donors (Lipinski definition) is 2. The number of aliphatic hydroxyl groups is 1. The van der Waals surface area contributed by atoms with E-state index >= 15 is 0 Å². The molecule has 0 atom stereocenters. The van der Waals surface area contributed by atoms with Crippen molar-refractivity contribution in [1.82, 2.24) is 0 Å². The van der Waals surface area contributed by atoms with Crippen LogP contribution in [0.4, 0.5) is 5.69 Å².